The highest BCUT2D eigenvalue weighted by atomic mass is 16.5. The van der Waals surface area contributed by atoms with Gasteiger partial charge >= 0.3 is 0 Å². The normalized spacial score (nSPS) is 14.4. The first-order valence-electron chi connectivity index (χ1n) is 3.95. The molecule has 80 valence electrons. The van der Waals surface area contributed by atoms with Crippen LogP contribution in [0.15, 0.2) is 0 Å². The molecule has 2 N–H and O–H groups in total. The van der Waals surface area contributed by atoms with Crippen molar-refractivity contribution in [2.45, 2.75) is 6.10 Å². The fraction of sp³-hybridized carbons (Fsp3) is 0.625. The van der Waals surface area contributed by atoms with Crippen LogP contribution in [0.1, 0.15) is 0 Å². The zero-order chi connectivity index (χ0) is 11.0. The molecule has 0 spiro atoms. The molecule has 0 aromatic heterocycles. The van der Waals surface area contributed by atoms with Gasteiger partial charge in [0.25, 0.3) is 0 Å². The van der Waals surface area contributed by atoms with Crippen molar-refractivity contribution < 1.29 is 29.3 Å². The molecule has 0 aromatic carbocycles. The summed E-state index contributed by atoms with van der Waals surface area (Å²) in [5.41, 5.74) is 0. The third-order valence-corrected chi connectivity index (χ3v) is 1.54. The number of rotatable bonds is 8. The van der Waals surface area contributed by atoms with Crippen molar-refractivity contribution in [2.75, 3.05) is 19.8 Å². The van der Waals surface area contributed by atoms with E-state index in [0.717, 1.165) is 0 Å². The minimum Gasteiger partial charge on any atom is -0.394 e. The number of carbonyl (C=O) groups excluding carboxylic acids is 3. The zero-order valence-corrected chi connectivity index (χ0v) is 7.46. The van der Waals surface area contributed by atoms with Gasteiger partial charge in [0.1, 0.15) is 12.9 Å². The summed E-state index contributed by atoms with van der Waals surface area (Å²) < 4.78 is 4.68. The maximum atomic E-state index is 10.4. The number of aldehydes is 2. The summed E-state index contributed by atoms with van der Waals surface area (Å²) >= 11 is 0. The van der Waals surface area contributed by atoms with Crippen LogP contribution in [0.25, 0.3) is 0 Å². The summed E-state index contributed by atoms with van der Waals surface area (Å²) in [7, 11) is 0. The first kappa shape index (κ1) is 12.9. The Labute approximate surface area is 80.5 Å². The number of Topliss-reactive ketones (excluding diaryl/α,β-unsaturated/α-hetero) is 1. The Balaban J connectivity index is 3.78. The third kappa shape index (κ3) is 4.80. The van der Waals surface area contributed by atoms with Gasteiger partial charge in [-0.05, 0) is 0 Å². The highest BCUT2D eigenvalue weighted by Crippen LogP contribution is 2.00. The SMILES string of the molecule is O=CC(=O)COCC(C=O)C(O)CO. The second-order valence-corrected chi connectivity index (χ2v) is 2.65. The highest BCUT2D eigenvalue weighted by molar-refractivity contribution is 6.25. The highest BCUT2D eigenvalue weighted by Gasteiger charge is 2.18. The maximum Gasteiger partial charge on any atom is 0.220 e. The van der Waals surface area contributed by atoms with Crippen LogP contribution < -0.4 is 0 Å². The van der Waals surface area contributed by atoms with Crippen LogP contribution in [0, 0.1) is 5.92 Å². The minimum atomic E-state index is -1.21. The third-order valence-electron chi connectivity index (χ3n) is 1.54. The van der Waals surface area contributed by atoms with Gasteiger partial charge in [0, 0.05) is 0 Å². The van der Waals surface area contributed by atoms with E-state index in [1.54, 1.807) is 0 Å². The summed E-state index contributed by atoms with van der Waals surface area (Å²) in [6.07, 6.45) is -0.677. The molecule has 2 atom stereocenters. The Bertz CT molecular complexity index is 202. The van der Waals surface area contributed by atoms with Crippen molar-refractivity contribution >= 4 is 18.4 Å². The number of hydrogen-bond donors (Lipinski definition) is 2. The van der Waals surface area contributed by atoms with E-state index in [2.05, 4.69) is 4.74 Å². The predicted octanol–water partition coefficient (Wildman–Crippen LogP) is -2.06. The second kappa shape index (κ2) is 7.31. The maximum absolute atomic E-state index is 10.4. The lowest BCUT2D eigenvalue weighted by Gasteiger charge is -2.14. The topological polar surface area (TPSA) is 101 Å². The second-order valence-electron chi connectivity index (χ2n) is 2.65. The molecule has 0 amide bonds. The van der Waals surface area contributed by atoms with Crippen molar-refractivity contribution in [3.05, 3.63) is 0 Å². The summed E-state index contributed by atoms with van der Waals surface area (Å²) in [4.78, 5) is 30.6. The van der Waals surface area contributed by atoms with Crippen LogP contribution in [-0.4, -0.2) is 54.5 Å². The molecule has 0 aliphatic heterocycles. The van der Waals surface area contributed by atoms with Gasteiger partial charge in [-0.2, -0.15) is 0 Å². The smallest absolute Gasteiger partial charge is 0.220 e. The van der Waals surface area contributed by atoms with E-state index in [4.69, 9.17) is 10.2 Å². The molecule has 6 nitrogen and oxygen atoms in total. The molecule has 0 radical (unpaired) electrons. The van der Waals surface area contributed by atoms with E-state index in [1.807, 2.05) is 0 Å². The van der Waals surface area contributed by atoms with Crippen molar-refractivity contribution in [3.8, 4) is 0 Å². The summed E-state index contributed by atoms with van der Waals surface area (Å²) in [5, 5.41) is 17.5. The number of aliphatic hydroxyl groups is 2. The van der Waals surface area contributed by atoms with Gasteiger partial charge in [-0.3, -0.25) is 9.59 Å². The lowest BCUT2D eigenvalue weighted by molar-refractivity contribution is -0.134. The molecule has 6 heteroatoms. The van der Waals surface area contributed by atoms with Gasteiger partial charge in [-0.15, -0.1) is 0 Å². The largest absolute Gasteiger partial charge is 0.394 e. The summed E-state index contributed by atoms with van der Waals surface area (Å²) in [5.74, 6) is -1.63. The molecule has 0 heterocycles. The molecule has 0 aliphatic rings. The number of carbonyl (C=O) groups is 3. The molecule has 0 bridgehead atoms. The summed E-state index contributed by atoms with van der Waals surface area (Å²) in [6, 6.07) is 0. The van der Waals surface area contributed by atoms with E-state index in [9.17, 15) is 14.4 Å². The first-order chi connectivity index (χ1) is 6.65. The fourth-order valence-electron chi connectivity index (χ4n) is 0.706. The van der Waals surface area contributed by atoms with Crippen LogP contribution in [0.4, 0.5) is 0 Å². The Morgan fingerprint density at radius 2 is 2.07 bits per heavy atom. The molecule has 14 heavy (non-hydrogen) atoms. The molecule has 0 rings (SSSR count). The van der Waals surface area contributed by atoms with E-state index in [-0.39, 0.29) is 12.9 Å². The lowest BCUT2D eigenvalue weighted by Crippen LogP contribution is -2.30. The number of aliphatic hydroxyl groups excluding tert-OH is 2. The van der Waals surface area contributed by atoms with E-state index >= 15 is 0 Å². The van der Waals surface area contributed by atoms with Gasteiger partial charge in [-0.1, -0.05) is 0 Å². The molecular weight excluding hydrogens is 192 g/mol. The lowest BCUT2D eigenvalue weighted by atomic mass is 10.1. The van der Waals surface area contributed by atoms with Gasteiger partial charge in [0.05, 0.1) is 25.2 Å². The van der Waals surface area contributed by atoms with Crippen LogP contribution in [-0.2, 0) is 19.1 Å². The minimum absolute atomic E-state index is 0.110. The van der Waals surface area contributed by atoms with Crippen molar-refractivity contribution in [1.29, 1.82) is 0 Å². The standard InChI is InChI=1S/C8H12O6/c9-1-6(8(13)3-11)4-14-5-7(12)2-10/h1-2,6,8,11,13H,3-5H2. The molecule has 2 unspecified atom stereocenters. The average Bonchev–Trinajstić information content (AvgIpc) is 2.22. The van der Waals surface area contributed by atoms with E-state index in [0.29, 0.717) is 6.29 Å². The van der Waals surface area contributed by atoms with Gasteiger partial charge in [0.2, 0.25) is 5.78 Å². The monoisotopic (exact) mass is 204 g/mol. The predicted molar refractivity (Wildman–Crippen MR) is 44.5 cm³/mol. The molecule has 0 aromatic rings. The molecule has 0 saturated carbocycles. The molecule has 0 saturated heterocycles. The van der Waals surface area contributed by atoms with Crippen LogP contribution in [0.5, 0.6) is 0 Å². The van der Waals surface area contributed by atoms with Crippen LogP contribution in [0.2, 0.25) is 0 Å². The summed E-state index contributed by atoms with van der Waals surface area (Å²) in [6.45, 7) is -1.19. The quantitative estimate of drug-likeness (QED) is 0.348. The fourth-order valence-corrected chi connectivity index (χ4v) is 0.706. The Kier molecular flexibility index (Phi) is 6.73. The molecule has 0 fully saturated rings. The van der Waals surface area contributed by atoms with Gasteiger partial charge in [0.15, 0.2) is 6.29 Å². The van der Waals surface area contributed by atoms with Crippen molar-refractivity contribution in [2.24, 2.45) is 5.92 Å². The van der Waals surface area contributed by atoms with E-state index in [1.165, 1.54) is 0 Å². The Morgan fingerprint density at radius 1 is 1.43 bits per heavy atom. The number of ether oxygens (including phenoxy) is 1. The number of ketones is 1. The van der Waals surface area contributed by atoms with Crippen molar-refractivity contribution in [1.82, 2.24) is 0 Å². The van der Waals surface area contributed by atoms with Crippen LogP contribution in [0.3, 0.4) is 0 Å². The Morgan fingerprint density at radius 3 is 2.50 bits per heavy atom. The van der Waals surface area contributed by atoms with Gasteiger partial charge in [-0.25, -0.2) is 0 Å². The van der Waals surface area contributed by atoms with E-state index < -0.39 is 31.0 Å². The van der Waals surface area contributed by atoms with Gasteiger partial charge < -0.3 is 19.7 Å². The zero-order valence-electron chi connectivity index (χ0n) is 7.46. The Hall–Kier alpha value is -1.11. The molecule has 0 aliphatic carbocycles. The average molecular weight is 204 g/mol. The van der Waals surface area contributed by atoms with Crippen LogP contribution >= 0.6 is 0 Å². The van der Waals surface area contributed by atoms with Crippen molar-refractivity contribution in [3.63, 3.8) is 0 Å². The number of hydrogen-bond acceptors (Lipinski definition) is 6. The molecular formula is C8H12O6. The first-order valence-corrected chi connectivity index (χ1v) is 3.95.